The molecule has 0 saturated heterocycles. The summed E-state index contributed by atoms with van der Waals surface area (Å²) in [6.07, 6.45) is 3.61. The maximum atomic E-state index is 5.96. The zero-order valence-corrected chi connectivity index (χ0v) is 17.1. The van der Waals surface area contributed by atoms with Gasteiger partial charge >= 0.3 is 0 Å². The molecular weight excluding hydrogens is 364 g/mol. The van der Waals surface area contributed by atoms with E-state index in [0.29, 0.717) is 6.61 Å². The number of anilines is 2. The van der Waals surface area contributed by atoms with Crippen LogP contribution in [0.1, 0.15) is 11.1 Å². The number of imidazole rings is 1. The topological polar surface area (TPSA) is 52.4 Å². The Labute approximate surface area is 170 Å². The number of aryl methyl sites for hydroxylation is 2. The summed E-state index contributed by atoms with van der Waals surface area (Å²) < 4.78 is 13.2. The number of aromatic nitrogens is 3. The lowest BCUT2D eigenvalue weighted by Gasteiger charge is -2.21. The number of ether oxygens (including phenoxy) is 2. The maximum absolute atomic E-state index is 5.96. The van der Waals surface area contributed by atoms with Crippen molar-refractivity contribution in [2.45, 2.75) is 13.5 Å². The minimum atomic E-state index is 0.511. The highest BCUT2D eigenvalue weighted by Crippen LogP contribution is 2.30. The molecule has 0 unspecified atom stereocenters. The zero-order valence-electron chi connectivity index (χ0n) is 17.1. The van der Waals surface area contributed by atoms with Crippen LogP contribution in [0, 0.1) is 6.92 Å². The average molecular weight is 388 g/mol. The first-order valence-electron chi connectivity index (χ1n) is 9.42. The van der Waals surface area contributed by atoms with Crippen molar-refractivity contribution in [1.82, 2.24) is 14.5 Å². The molecule has 2 aromatic heterocycles. The molecule has 4 rings (SSSR count). The minimum absolute atomic E-state index is 0.511. The third kappa shape index (κ3) is 3.87. The summed E-state index contributed by atoms with van der Waals surface area (Å²) in [6.45, 7) is 2.59. The number of fused-ring (bicyclic) bond motifs is 1. The van der Waals surface area contributed by atoms with Crippen LogP contribution in [0.3, 0.4) is 0 Å². The highest BCUT2D eigenvalue weighted by atomic mass is 16.5. The van der Waals surface area contributed by atoms with Crippen molar-refractivity contribution in [1.29, 1.82) is 0 Å². The molecule has 0 fully saturated rings. The van der Waals surface area contributed by atoms with E-state index in [4.69, 9.17) is 9.47 Å². The molecule has 0 aliphatic carbocycles. The third-order valence-corrected chi connectivity index (χ3v) is 5.04. The Kier molecular flexibility index (Phi) is 5.08. The highest BCUT2D eigenvalue weighted by Gasteiger charge is 2.11. The van der Waals surface area contributed by atoms with E-state index in [1.165, 1.54) is 0 Å². The van der Waals surface area contributed by atoms with Crippen molar-refractivity contribution in [3.63, 3.8) is 0 Å². The van der Waals surface area contributed by atoms with Crippen molar-refractivity contribution >= 4 is 22.5 Å². The van der Waals surface area contributed by atoms with E-state index in [9.17, 15) is 0 Å². The van der Waals surface area contributed by atoms with Crippen LogP contribution in [0.4, 0.5) is 11.5 Å². The first kappa shape index (κ1) is 18.8. The maximum Gasteiger partial charge on any atom is 0.134 e. The van der Waals surface area contributed by atoms with Gasteiger partial charge in [0.1, 0.15) is 29.4 Å². The van der Waals surface area contributed by atoms with Gasteiger partial charge in [0.25, 0.3) is 0 Å². The predicted molar refractivity (Wildman–Crippen MR) is 115 cm³/mol. The normalized spacial score (nSPS) is 10.9. The second-order valence-corrected chi connectivity index (χ2v) is 7.03. The van der Waals surface area contributed by atoms with Crippen LogP contribution in [0.5, 0.6) is 11.5 Å². The van der Waals surface area contributed by atoms with E-state index >= 15 is 0 Å². The monoisotopic (exact) mass is 388 g/mol. The van der Waals surface area contributed by atoms with Gasteiger partial charge < -0.3 is 18.9 Å². The SMILES string of the molecule is COc1ccc(COc2ccc(N(C)c3cc4c(cn3)ncn4C)c(C)c2)cc1. The van der Waals surface area contributed by atoms with E-state index in [0.717, 1.165) is 45.2 Å². The molecule has 0 spiro atoms. The Hall–Kier alpha value is -3.54. The summed E-state index contributed by atoms with van der Waals surface area (Å²) >= 11 is 0. The zero-order chi connectivity index (χ0) is 20.4. The van der Waals surface area contributed by atoms with E-state index in [2.05, 4.69) is 40.0 Å². The van der Waals surface area contributed by atoms with Gasteiger partial charge in [-0.05, 0) is 48.4 Å². The van der Waals surface area contributed by atoms with Gasteiger partial charge in [-0.2, -0.15) is 0 Å². The van der Waals surface area contributed by atoms with Crippen LogP contribution in [-0.4, -0.2) is 28.7 Å². The Bertz CT molecular complexity index is 1140. The second-order valence-electron chi connectivity index (χ2n) is 7.03. The second kappa shape index (κ2) is 7.83. The molecular formula is C23H24N4O2. The Morgan fingerprint density at radius 1 is 1.00 bits per heavy atom. The van der Waals surface area contributed by atoms with Gasteiger partial charge in [0.2, 0.25) is 0 Å². The van der Waals surface area contributed by atoms with Gasteiger partial charge in [0.15, 0.2) is 0 Å². The van der Waals surface area contributed by atoms with Gasteiger partial charge in [0.05, 0.1) is 25.2 Å². The lowest BCUT2D eigenvalue weighted by molar-refractivity contribution is 0.306. The van der Waals surface area contributed by atoms with Crippen LogP contribution >= 0.6 is 0 Å². The van der Waals surface area contributed by atoms with Crippen molar-refractivity contribution < 1.29 is 9.47 Å². The standard InChI is InChI=1S/C23H24N4O2/c1-16-11-19(29-14-17-5-7-18(28-4)8-6-17)9-10-21(16)27(3)23-12-22-20(13-24-23)25-15-26(22)2/h5-13,15H,14H2,1-4H3. The number of benzene rings is 2. The fraction of sp³-hybridized carbons (Fsp3) is 0.217. The minimum Gasteiger partial charge on any atom is -0.497 e. The molecule has 0 bridgehead atoms. The van der Waals surface area contributed by atoms with Crippen molar-refractivity contribution in [3.8, 4) is 11.5 Å². The lowest BCUT2D eigenvalue weighted by Crippen LogP contribution is -2.12. The number of hydrogen-bond donors (Lipinski definition) is 0. The summed E-state index contributed by atoms with van der Waals surface area (Å²) in [4.78, 5) is 11.0. The van der Waals surface area contributed by atoms with Gasteiger partial charge in [0, 0.05) is 25.8 Å². The van der Waals surface area contributed by atoms with Crippen LogP contribution in [-0.2, 0) is 13.7 Å². The molecule has 2 heterocycles. The molecule has 6 heteroatoms. The Balaban J connectivity index is 1.50. The molecule has 0 amide bonds. The number of pyridine rings is 1. The largest absolute Gasteiger partial charge is 0.497 e. The number of methoxy groups -OCH3 is 1. The van der Waals surface area contributed by atoms with Crippen molar-refractivity contribution in [2.75, 3.05) is 19.1 Å². The van der Waals surface area contributed by atoms with Crippen molar-refractivity contribution in [3.05, 3.63) is 72.2 Å². The van der Waals surface area contributed by atoms with E-state index in [-0.39, 0.29) is 0 Å². The molecule has 29 heavy (non-hydrogen) atoms. The molecule has 2 aromatic carbocycles. The summed E-state index contributed by atoms with van der Waals surface area (Å²) in [7, 11) is 5.67. The van der Waals surface area contributed by atoms with Crippen LogP contribution in [0.2, 0.25) is 0 Å². The first-order valence-corrected chi connectivity index (χ1v) is 9.42. The van der Waals surface area contributed by atoms with Crippen LogP contribution in [0.25, 0.3) is 11.0 Å². The number of nitrogens with zero attached hydrogens (tertiary/aromatic N) is 4. The molecule has 0 radical (unpaired) electrons. The van der Waals surface area contributed by atoms with E-state index in [1.807, 2.05) is 55.2 Å². The Morgan fingerprint density at radius 3 is 2.48 bits per heavy atom. The Morgan fingerprint density at radius 2 is 1.76 bits per heavy atom. The quantitative estimate of drug-likeness (QED) is 0.482. The molecule has 0 saturated carbocycles. The first-order chi connectivity index (χ1) is 14.0. The number of rotatable bonds is 6. The third-order valence-electron chi connectivity index (χ3n) is 5.04. The lowest BCUT2D eigenvalue weighted by atomic mass is 10.1. The molecule has 0 atom stereocenters. The van der Waals surface area contributed by atoms with Gasteiger partial charge in [-0.15, -0.1) is 0 Å². The van der Waals surface area contributed by atoms with Crippen LogP contribution in [0.15, 0.2) is 61.1 Å². The molecule has 148 valence electrons. The van der Waals surface area contributed by atoms with Gasteiger partial charge in [-0.25, -0.2) is 9.97 Å². The van der Waals surface area contributed by atoms with Crippen molar-refractivity contribution in [2.24, 2.45) is 7.05 Å². The molecule has 0 aliphatic rings. The summed E-state index contributed by atoms with van der Waals surface area (Å²) in [5, 5.41) is 0. The molecule has 0 N–H and O–H groups in total. The highest BCUT2D eigenvalue weighted by molar-refractivity contribution is 5.79. The molecule has 0 aliphatic heterocycles. The molecule has 4 aromatic rings. The fourth-order valence-corrected chi connectivity index (χ4v) is 3.31. The van der Waals surface area contributed by atoms with Crippen LogP contribution < -0.4 is 14.4 Å². The molecule has 6 nitrogen and oxygen atoms in total. The predicted octanol–water partition coefficient (Wildman–Crippen LogP) is 4.63. The van der Waals surface area contributed by atoms with Gasteiger partial charge in [-0.1, -0.05) is 12.1 Å². The average Bonchev–Trinajstić information content (AvgIpc) is 3.12. The van der Waals surface area contributed by atoms with E-state index < -0.39 is 0 Å². The van der Waals surface area contributed by atoms with E-state index in [1.54, 1.807) is 13.4 Å². The smallest absolute Gasteiger partial charge is 0.134 e. The fourth-order valence-electron chi connectivity index (χ4n) is 3.31. The number of hydrogen-bond acceptors (Lipinski definition) is 5. The summed E-state index contributed by atoms with van der Waals surface area (Å²) in [5.41, 5.74) is 5.24. The summed E-state index contributed by atoms with van der Waals surface area (Å²) in [5.74, 6) is 2.55. The summed E-state index contributed by atoms with van der Waals surface area (Å²) in [6, 6.07) is 16.1. The van der Waals surface area contributed by atoms with Gasteiger partial charge in [-0.3, -0.25) is 0 Å².